The maximum Gasteiger partial charge on any atom is 0.223 e. The Morgan fingerprint density at radius 1 is 1.21 bits per heavy atom. The van der Waals surface area contributed by atoms with Gasteiger partial charge in [-0.15, -0.1) is 0 Å². The van der Waals surface area contributed by atoms with Crippen molar-refractivity contribution in [3.05, 3.63) is 17.7 Å². The second kappa shape index (κ2) is 3.55. The molecule has 1 unspecified atom stereocenters. The van der Waals surface area contributed by atoms with Crippen LogP contribution in [0, 0.1) is 0 Å². The first kappa shape index (κ1) is 9.42. The number of nitrogens with zero attached hydrogens (tertiary/aromatic N) is 4. The Morgan fingerprint density at radius 2 is 1.86 bits per heavy atom. The zero-order chi connectivity index (χ0) is 10.1. The number of hydrogen-bond donors (Lipinski definition) is 0. The molecular formula is C7H5ClN4OS. The normalized spacial score (nSPS) is 13.0. The lowest BCUT2D eigenvalue weighted by Gasteiger charge is -1.97. The Morgan fingerprint density at radius 3 is 2.57 bits per heavy atom. The van der Waals surface area contributed by atoms with Crippen molar-refractivity contribution in [3.8, 4) is 0 Å². The van der Waals surface area contributed by atoms with E-state index in [1.807, 2.05) is 0 Å². The van der Waals surface area contributed by atoms with Crippen LogP contribution >= 0.6 is 11.6 Å². The zero-order valence-corrected chi connectivity index (χ0v) is 8.71. The van der Waals surface area contributed by atoms with E-state index in [0.717, 1.165) is 0 Å². The molecule has 2 rings (SSSR count). The van der Waals surface area contributed by atoms with Crippen molar-refractivity contribution in [3.63, 3.8) is 0 Å². The summed E-state index contributed by atoms with van der Waals surface area (Å²) in [6.07, 6.45) is 4.47. The van der Waals surface area contributed by atoms with Crippen LogP contribution in [0.25, 0.3) is 11.0 Å². The minimum atomic E-state index is -1.20. The molecule has 2 aromatic rings. The van der Waals surface area contributed by atoms with Crippen molar-refractivity contribution >= 4 is 33.4 Å². The van der Waals surface area contributed by atoms with Crippen LogP contribution in [0.15, 0.2) is 17.6 Å². The van der Waals surface area contributed by atoms with Gasteiger partial charge in [-0.25, -0.2) is 19.9 Å². The molecule has 0 saturated carbocycles. The van der Waals surface area contributed by atoms with E-state index in [1.165, 1.54) is 18.6 Å². The molecule has 0 aliphatic rings. The van der Waals surface area contributed by atoms with E-state index in [1.54, 1.807) is 0 Å². The van der Waals surface area contributed by atoms with E-state index < -0.39 is 10.8 Å². The van der Waals surface area contributed by atoms with E-state index in [0.29, 0.717) is 11.0 Å². The van der Waals surface area contributed by atoms with Gasteiger partial charge < -0.3 is 0 Å². The first-order valence-electron chi connectivity index (χ1n) is 3.65. The van der Waals surface area contributed by atoms with Crippen LogP contribution in [0.3, 0.4) is 0 Å². The lowest BCUT2D eigenvalue weighted by molar-refractivity contribution is 0.680. The number of aromatic nitrogens is 4. The topological polar surface area (TPSA) is 68.6 Å². The Bertz CT molecular complexity index is 518. The predicted octanol–water partition coefficient (Wildman–Crippen LogP) is 0.811. The maximum absolute atomic E-state index is 11.1. The van der Waals surface area contributed by atoms with Crippen molar-refractivity contribution in [1.82, 2.24) is 19.9 Å². The summed E-state index contributed by atoms with van der Waals surface area (Å²) in [4.78, 5) is 15.6. The highest BCUT2D eigenvalue weighted by atomic mass is 35.5. The summed E-state index contributed by atoms with van der Waals surface area (Å²) in [5.41, 5.74) is 1.08. The molecule has 72 valence electrons. The fourth-order valence-corrected chi connectivity index (χ4v) is 1.50. The second-order valence-electron chi connectivity index (χ2n) is 2.52. The molecule has 0 saturated heterocycles. The van der Waals surface area contributed by atoms with Crippen LogP contribution in [0.5, 0.6) is 0 Å². The highest BCUT2D eigenvalue weighted by Crippen LogP contribution is 2.10. The monoisotopic (exact) mass is 228 g/mol. The van der Waals surface area contributed by atoms with Gasteiger partial charge in [0.1, 0.15) is 11.0 Å². The van der Waals surface area contributed by atoms with Gasteiger partial charge in [0, 0.05) is 6.26 Å². The van der Waals surface area contributed by atoms with E-state index in [9.17, 15) is 4.21 Å². The summed E-state index contributed by atoms with van der Waals surface area (Å²) in [6, 6.07) is 0. The van der Waals surface area contributed by atoms with Gasteiger partial charge in [-0.1, -0.05) is 0 Å². The molecule has 0 aliphatic heterocycles. The lowest BCUT2D eigenvalue weighted by Crippen LogP contribution is -1.98. The Balaban J connectivity index is 2.67. The SMILES string of the molecule is CS(=O)c1ncc2nc(Cl)ncc2n1. The number of rotatable bonds is 1. The van der Waals surface area contributed by atoms with Crippen molar-refractivity contribution in [2.45, 2.75) is 5.16 Å². The molecule has 0 aliphatic carbocycles. The highest BCUT2D eigenvalue weighted by Gasteiger charge is 2.04. The van der Waals surface area contributed by atoms with Crippen molar-refractivity contribution in [2.75, 3.05) is 6.26 Å². The molecular weight excluding hydrogens is 224 g/mol. The van der Waals surface area contributed by atoms with E-state index in [2.05, 4.69) is 19.9 Å². The highest BCUT2D eigenvalue weighted by molar-refractivity contribution is 7.84. The summed E-state index contributed by atoms with van der Waals surface area (Å²) in [5.74, 6) is 0. The summed E-state index contributed by atoms with van der Waals surface area (Å²) in [5, 5.41) is 0.412. The third-order valence-corrected chi connectivity index (χ3v) is 2.43. The molecule has 2 aromatic heterocycles. The summed E-state index contributed by atoms with van der Waals surface area (Å²) < 4.78 is 11.1. The number of hydrogen-bond acceptors (Lipinski definition) is 5. The van der Waals surface area contributed by atoms with Crippen molar-refractivity contribution in [2.24, 2.45) is 0 Å². The van der Waals surface area contributed by atoms with Gasteiger partial charge in [-0.05, 0) is 11.6 Å². The maximum atomic E-state index is 11.1. The predicted molar refractivity (Wildman–Crippen MR) is 52.5 cm³/mol. The quantitative estimate of drug-likeness (QED) is 0.676. The average Bonchev–Trinajstić information content (AvgIpc) is 2.16. The minimum absolute atomic E-state index is 0.145. The van der Waals surface area contributed by atoms with Crippen LogP contribution in [-0.2, 0) is 10.8 Å². The van der Waals surface area contributed by atoms with Crippen LogP contribution in [-0.4, -0.2) is 30.4 Å². The molecule has 0 amide bonds. The molecule has 7 heteroatoms. The van der Waals surface area contributed by atoms with Crippen molar-refractivity contribution < 1.29 is 4.21 Å². The number of halogens is 1. The van der Waals surface area contributed by atoms with Gasteiger partial charge in [0.05, 0.1) is 23.2 Å². The molecule has 0 N–H and O–H groups in total. The standard InChI is InChI=1S/C7H5ClN4OS/c1-14(13)7-10-3-4-5(12-7)2-9-6(8)11-4/h2-3H,1H3. The second-order valence-corrected chi connectivity index (χ2v) is 4.13. The zero-order valence-electron chi connectivity index (χ0n) is 7.14. The fourth-order valence-electron chi connectivity index (χ4n) is 0.934. The van der Waals surface area contributed by atoms with E-state index >= 15 is 0 Å². The molecule has 0 aromatic carbocycles. The largest absolute Gasteiger partial charge is 0.251 e. The fraction of sp³-hybridized carbons (Fsp3) is 0.143. The van der Waals surface area contributed by atoms with Gasteiger partial charge in [0.2, 0.25) is 10.4 Å². The Hall–Kier alpha value is -1.14. The first-order chi connectivity index (χ1) is 6.66. The van der Waals surface area contributed by atoms with Crippen LogP contribution in [0.4, 0.5) is 0 Å². The molecule has 5 nitrogen and oxygen atoms in total. The lowest BCUT2D eigenvalue weighted by atomic mass is 10.4. The van der Waals surface area contributed by atoms with E-state index in [4.69, 9.17) is 11.6 Å². The van der Waals surface area contributed by atoms with Gasteiger partial charge in [0.25, 0.3) is 0 Å². The molecule has 0 radical (unpaired) electrons. The minimum Gasteiger partial charge on any atom is -0.251 e. The summed E-state index contributed by atoms with van der Waals surface area (Å²) in [7, 11) is -1.20. The summed E-state index contributed by atoms with van der Waals surface area (Å²) in [6.45, 7) is 0. The van der Waals surface area contributed by atoms with Gasteiger partial charge in [0.15, 0.2) is 0 Å². The van der Waals surface area contributed by atoms with E-state index in [-0.39, 0.29) is 10.4 Å². The molecule has 14 heavy (non-hydrogen) atoms. The van der Waals surface area contributed by atoms with Crippen LogP contribution in [0.1, 0.15) is 0 Å². The first-order valence-corrected chi connectivity index (χ1v) is 5.59. The third kappa shape index (κ3) is 1.71. The van der Waals surface area contributed by atoms with Crippen LogP contribution in [0.2, 0.25) is 5.28 Å². The van der Waals surface area contributed by atoms with Crippen molar-refractivity contribution in [1.29, 1.82) is 0 Å². The molecule has 2 heterocycles. The molecule has 0 spiro atoms. The third-order valence-electron chi connectivity index (χ3n) is 1.54. The van der Waals surface area contributed by atoms with Gasteiger partial charge >= 0.3 is 0 Å². The Labute approximate surface area is 87.0 Å². The molecule has 0 fully saturated rings. The van der Waals surface area contributed by atoms with Gasteiger partial charge in [-0.2, -0.15) is 0 Å². The Kier molecular flexibility index (Phi) is 2.39. The number of fused-ring (bicyclic) bond motifs is 1. The summed E-state index contributed by atoms with van der Waals surface area (Å²) >= 11 is 5.58. The van der Waals surface area contributed by atoms with Crippen LogP contribution < -0.4 is 0 Å². The van der Waals surface area contributed by atoms with Gasteiger partial charge in [-0.3, -0.25) is 4.21 Å². The molecule has 1 atom stereocenters. The average molecular weight is 229 g/mol. The molecule has 0 bridgehead atoms. The smallest absolute Gasteiger partial charge is 0.223 e.